The molecule has 2 aliphatic rings. The van der Waals surface area contributed by atoms with Gasteiger partial charge in [-0.2, -0.15) is 0 Å². The summed E-state index contributed by atoms with van der Waals surface area (Å²) in [6.45, 7) is 8.53. The van der Waals surface area contributed by atoms with Gasteiger partial charge in [0.2, 0.25) is 0 Å². The van der Waals surface area contributed by atoms with Crippen LogP contribution >= 0.6 is 0 Å². The molecule has 1 aliphatic heterocycles. The highest BCUT2D eigenvalue weighted by atomic mass is 16.5. The first-order valence-electron chi connectivity index (χ1n) is 9.32. The van der Waals surface area contributed by atoms with E-state index in [2.05, 4.69) is 19.2 Å². The lowest BCUT2D eigenvalue weighted by molar-refractivity contribution is -0.136. The molecule has 1 aromatic carbocycles. The summed E-state index contributed by atoms with van der Waals surface area (Å²) >= 11 is 0. The number of carbonyl (C=O) groups is 2. The highest BCUT2D eigenvalue weighted by Crippen LogP contribution is 2.47. The normalized spacial score (nSPS) is 21.5. The number of methoxy groups -OCH3 is 1. The van der Waals surface area contributed by atoms with E-state index in [1.807, 2.05) is 38.1 Å². The van der Waals surface area contributed by atoms with Crippen LogP contribution in [0.4, 0.5) is 0 Å². The molecule has 3 rings (SSSR count). The number of esters is 1. The van der Waals surface area contributed by atoms with Crippen molar-refractivity contribution in [2.75, 3.05) is 13.7 Å². The minimum Gasteiger partial charge on any atom is -0.494 e. The van der Waals surface area contributed by atoms with Crippen molar-refractivity contribution in [3.63, 3.8) is 0 Å². The lowest BCUT2D eigenvalue weighted by Crippen LogP contribution is -2.38. The van der Waals surface area contributed by atoms with Crippen molar-refractivity contribution in [1.82, 2.24) is 5.32 Å². The van der Waals surface area contributed by atoms with Crippen LogP contribution in [0.3, 0.4) is 0 Å². The minimum atomic E-state index is -0.447. The van der Waals surface area contributed by atoms with Crippen molar-refractivity contribution < 1.29 is 19.1 Å². The number of hydrogen-bond donors (Lipinski definition) is 1. The molecule has 144 valence electrons. The second-order valence-electron chi connectivity index (χ2n) is 7.93. The molecule has 1 atom stereocenters. The molecule has 0 amide bonds. The molecule has 1 heterocycles. The molecule has 1 aliphatic carbocycles. The smallest absolute Gasteiger partial charge is 0.336 e. The number of Topliss-reactive ketones (excluding diaryl/α,β-unsaturated/α-hetero) is 1. The predicted octanol–water partition coefficient (Wildman–Crippen LogP) is 3.86. The molecule has 1 aromatic rings. The zero-order valence-corrected chi connectivity index (χ0v) is 16.6. The summed E-state index contributed by atoms with van der Waals surface area (Å²) in [4.78, 5) is 25.7. The van der Waals surface area contributed by atoms with Crippen molar-refractivity contribution in [3.05, 3.63) is 52.4 Å². The van der Waals surface area contributed by atoms with E-state index in [1.165, 1.54) is 7.11 Å². The lowest BCUT2D eigenvalue weighted by atomic mass is 9.68. The van der Waals surface area contributed by atoms with E-state index in [9.17, 15) is 9.59 Å². The zero-order valence-electron chi connectivity index (χ0n) is 16.6. The third-order valence-corrected chi connectivity index (χ3v) is 5.15. The van der Waals surface area contributed by atoms with Crippen LogP contribution in [0.25, 0.3) is 0 Å². The number of dihydropyridines is 1. The predicted molar refractivity (Wildman–Crippen MR) is 103 cm³/mol. The summed E-state index contributed by atoms with van der Waals surface area (Å²) in [5, 5.41) is 3.32. The first-order valence-corrected chi connectivity index (χ1v) is 9.32. The van der Waals surface area contributed by atoms with Crippen LogP contribution in [-0.2, 0) is 14.3 Å². The Labute approximate surface area is 160 Å². The van der Waals surface area contributed by atoms with E-state index < -0.39 is 11.9 Å². The van der Waals surface area contributed by atoms with Crippen LogP contribution in [0.5, 0.6) is 5.75 Å². The minimum absolute atomic E-state index is 0.0782. The number of ether oxygens (including phenoxy) is 2. The molecular formula is C22H27NO4. The van der Waals surface area contributed by atoms with E-state index in [0.29, 0.717) is 24.2 Å². The van der Waals surface area contributed by atoms with Crippen LogP contribution in [-0.4, -0.2) is 25.5 Å². The van der Waals surface area contributed by atoms with Crippen LogP contribution in [0.15, 0.2) is 46.8 Å². The number of allylic oxidation sites excluding steroid dienone is 3. The molecule has 0 saturated carbocycles. The summed E-state index contributed by atoms with van der Waals surface area (Å²) in [6.07, 6.45) is 1.23. The van der Waals surface area contributed by atoms with Gasteiger partial charge in [-0.15, -0.1) is 0 Å². The largest absolute Gasteiger partial charge is 0.494 e. The van der Waals surface area contributed by atoms with Gasteiger partial charge in [0.25, 0.3) is 0 Å². The maximum absolute atomic E-state index is 13.1. The van der Waals surface area contributed by atoms with E-state index in [1.54, 1.807) is 0 Å². The van der Waals surface area contributed by atoms with Gasteiger partial charge in [0.15, 0.2) is 5.78 Å². The first kappa shape index (κ1) is 19.2. The maximum Gasteiger partial charge on any atom is 0.336 e. The van der Waals surface area contributed by atoms with Gasteiger partial charge in [-0.1, -0.05) is 26.0 Å². The Kier molecular flexibility index (Phi) is 5.13. The molecule has 5 nitrogen and oxygen atoms in total. The average Bonchev–Trinajstić information content (AvgIpc) is 2.59. The van der Waals surface area contributed by atoms with Gasteiger partial charge < -0.3 is 14.8 Å². The van der Waals surface area contributed by atoms with Crippen molar-refractivity contribution in [3.8, 4) is 5.75 Å². The molecule has 0 aromatic heterocycles. The van der Waals surface area contributed by atoms with Gasteiger partial charge in [0, 0.05) is 29.3 Å². The summed E-state index contributed by atoms with van der Waals surface area (Å²) in [6, 6.07) is 7.62. The second-order valence-corrected chi connectivity index (χ2v) is 7.93. The number of benzene rings is 1. The molecule has 1 unspecified atom stereocenters. The molecule has 0 spiro atoms. The van der Waals surface area contributed by atoms with Crippen LogP contribution in [0.1, 0.15) is 52.0 Å². The number of hydrogen-bond acceptors (Lipinski definition) is 5. The van der Waals surface area contributed by atoms with E-state index in [0.717, 1.165) is 29.1 Å². The van der Waals surface area contributed by atoms with Gasteiger partial charge in [0.05, 0.1) is 19.3 Å². The highest BCUT2D eigenvalue weighted by molar-refractivity contribution is 6.04. The van der Waals surface area contributed by atoms with E-state index in [-0.39, 0.29) is 11.2 Å². The van der Waals surface area contributed by atoms with Crippen LogP contribution in [0.2, 0.25) is 0 Å². The molecule has 0 radical (unpaired) electrons. The fourth-order valence-corrected chi connectivity index (χ4v) is 4.10. The summed E-state index contributed by atoms with van der Waals surface area (Å²) in [5.41, 5.74) is 3.56. The van der Waals surface area contributed by atoms with Gasteiger partial charge in [-0.3, -0.25) is 4.79 Å². The Bertz CT molecular complexity index is 848. The lowest BCUT2D eigenvalue weighted by Gasteiger charge is -2.39. The first-order chi connectivity index (χ1) is 12.8. The van der Waals surface area contributed by atoms with Gasteiger partial charge in [-0.25, -0.2) is 4.79 Å². The highest BCUT2D eigenvalue weighted by Gasteiger charge is 2.43. The maximum atomic E-state index is 13.1. The van der Waals surface area contributed by atoms with Gasteiger partial charge in [0.1, 0.15) is 5.75 Å². The van der Waals surface area contributed by atoms with Crippen molar-refractivity contribution in [1.29, 1.82) is 0 Å². The van der Waals surface area contributed by atoms with Gasteiger partial charge in [-0.05, 0) is 43.4 Å². The SMILES string of the molecule is CCOc1cccc(C2C(C(=O)OC)=C(C)NC3=C2C(=O)CC(C)(C)C3)c1. The number of carbonyl (C=O) groups excluding carboxylic acids is 2. The Morgan fingerprint density at radius 2 is 2.04 bits per heavy atom. The topological polar surface area (TPSA) is 64.6 Å². The number of ketones is 1. The third-order valence-electron chi connectivity index (χ3n) is 5.15. The summed E-state index contributed by atoms with van der Waals surface area (Å²) < 4.78 is 10.7. The average molecular weight is 369 g/mol. The van der Waals surface area contributed by atoms with Crippen LogP contribution in [0, 0.1) is 5.41 Å². The monoisotopic (exact) mass is 369 g/mol. The molecule has 0 bridgehead atoms. The zero-order chi connectivity index (χ0) is 19.8. The Morgan fingerprint density at radius 1 is 1.30 bits per heavy atom. The van der Waals surface area contributed by atoms with Crippen molar-refractivity contribution in [2.24, 2.45) is 5.41 Å². The second kappa shape index (κ2) is 7.22. The van der Waals surface area contributed by atoms with Crippen molar-refractivity contribution >= 4 is 11.8 Å². The number of nitrogens with one attached hydrogen (secondary N) is 1. The van der Waals surface area contributed by atoms with E-state index >= 15 is 0 Å². The molecule has 0 fully saturated rings. The molecule has 1 N–H and O–H groups in total. The van der Waals surface area contributed by atoms with Gasteiger partial charge >= 0.3 is 5.97 Å². The molecule has 5 heteroatoms. The Morgan fingerprint density at radius 3 is 2.70 bits per heavy atom. The quantitative estimate of drug-likeness (QED) is 0.817. The number of rotatable bonds is 4. The molecular weight excluding hydrogens is 342 g/mol. The standard InChI is InChI=1S/C22H27NO4/c1-6-27-15-9-7-8-14(10-15)19-18(21(25)26-5)13(2)23-16-11-22(3,4)12-17(24)20(16)19/h7-10,19,23H,6,11-12H2,1-5H3. The molecule has 0 saturated heterocycles. The fourth-order valence-electron chi connectivity index (χ4n) is 4.10. The third kappa shape index (κ3) is 3.64. The summed E-state index contributed by atoms with van der Waals surface area (Å²) in [7, 11) is 1.37. The van der Waals surface area contributed by atoms with E-state index in [4.69, 9.17) is 9.47 Å². The van der Waals surface area contributed by atoms with Crippen molar-refractivity contribution in [2.45, 2.75) is 46.5 Å². The fraction of sp³-hybridized carbons (Fsp3) is 0.455. The Hall–Kier alpha value is -2.56. The summed E-state index contributed by atoms with van der Waals surface area (Å²) in [5.74, 6) is -0.0655. The Balaban J connectivity index is 2.18. The van der Waals surface area contributed by atoms with Crippen LogP contribution < -0.4 is 10.1 Å². The molecule has 27 heavy (non-hydrogen) atoms.